The lowest BCUT2D eigenvalue weighted by atomic mass is 9.88. The number of sulfonamides is 3. The second-order valence-electron chi connectivity index (χ2n) is 11.8. The van der Waals surface area contributed by atoms with Crippen LogP contribution < -0.4 is 19.5 Å². The number of benzene rings is 3. The molecule has 13 nitrogen and oxygen atoms in total. The Hall–Kier alpha value is -3.09. The van der Waals surface area contributed by atoms with Gasteiger partial charge in [0, 0.05) is 37.4 Å². The number of rotatable bonds is 13. The number of anilines is 1. The highest BCUT2D eigenvalue weighted by atomic mass is 32.2. The van der Waals surface area contributed by atoms with Gasteiger partial charge in [-0.05, 0) is 73.8 Å². The molecule has 2 heterocycles. The molecule has 0 aliphatic carbocycles. The van der Waals surface area contributed by atoms with Crippen LogP contribution in [0.5, 0.6) is 5.75 Å². The van der Waals surface area contributed by atoms with Crippen LogP contribution in [0.1, 0.15) is 19.3 Å². The lowest BCUT2D eigenvalue weighted by Crippen LogP contribution is -2.47. The Balaban J connectivity index is 1.11. The van der Waals surface area contributed by atoms with Gasteiger partial charge in [0.1, 0.15) is 18.5 Å². The molecule has 2 fully saturated rings. The molecule has 2 atom stereocenters. The van der Waals surface area contributed by atoms with Crippen LogP contribution in [0.15, 0.2) is 82.6 Å². The third kappa shape index (κ3) is 8.88. The van der Waals surface area contributed by atoms with E-state index in [2.05, 4.69) is 14.8 Å². The average Bonchev–Trinajstić information content (AvgIpc) is 3.44. The quantitative estimate of drug-likeness (QED) is 0.205. The molecular formula is C31H40N4O9S3. The second-order valence-corrected chi connectivity index (χ2v) is 17.4. The minimum Gasteiger partial charge on any atom is -0.491 e. The van der Waals surface area contributed by atoms with Gasteiger partial charge >= 0.3 is 0 Å². The van der Waals surface area contributed by atoms with Gasteiger partial charge in [0.15, 0.2) is 0 Å². The minimum absolute atomic E-state index is 0.0207. The molecular weight excluding hydrogens is 669 g/mol. The van der Waals surface area contributed by atoms with E-state index in [0.29, 0.717) is 56.0 Å². The van der Waals surface area contributed by atoms with Crippen LogP contribution in [0, 0.1) is 0 Å². The lowest BCUT2D eigenvalue weighted by molar-refractivity contribution is -0.0312. The summed E-state index contributed by atoms with van der Waals surface area (Å²) in [6.45, 7) is 1.26. The predicted octanol–water partition coefficient (Wildman–Crippen LogP) is 1.97. The van der Waals surface area contributed by atoms with Crippen LogP contribution in [0.4, 0.5) is 5.69 Å². The zero-order valence-electron chi connectivity index (χ0n) is 26.1. The molecule has 1 spiro atoms. The van der Waals surface area contributed by atoms with Gasteiger partial charge in [-0.2, -0.15) is 4.31 Å². The molecule has 3 aromatic rings. The Morgan fingerprint density at radius 2 is 1.62 bits per heavy atom. The predicted molar refractivity (Wildman–Crippen MR) is 178 cm³/mol. The highest BCUT2D eigenvalue weighted by molar-refractivity contribution is 7.92. The largest absolute Gasteiger partial charge is 0.491 e. The molecule has 0 radical (unpaired) electrons. The standard InChI is InChI=1S/C31H40N4O9S3/c1-32-46(39,40)29-7-4-6-28(18-29)43-22-27(36)20-33-26-19-31(44-21-26)13-15-35(16-14-31)47(41,42)30-8-3-5-24(17-30)23-9-11-25(12-10-23)34-45(2,37)38/h3-12,17-18,26-27,32-34,36H,13-16,19-22H2,1-2H3/t26?,27-/m0/s1. The molecule has 47 heavy (non-hydrogen) atoms. The fourth-order valence-corrected chi connectivity index (χ4v) is 8.61. The van der Waals surface area contributed by atoms with Gasteiger partial charge in [-0.1, -0.05) is 30.3 Å². The number of hydrogen-bond donors (Lipinski definition) is 4. The first kappa shape index (κ1) is 35.2. The second kappa shape index (κ2) is 14.2. The third-order valence-electron chi connectivity index (χ3n) is 8.31. The van der Waals surface area contributed by atoms with Gasteiger partial charge in [0.2, 0.25) is 30.1 Å². The maximum Gasteiger partial charge on any atom is 0.243 e. The fraction of sp³-hybridized carbons (Fsp3) is 0.419. The fourth-order valence-electron chi connectivity index (χ4n) is 5.79. The number of nitrogens with one attached hydrogen (secondary N) is 3. The summed E-state index contributed by atoms with van der Waals surface area (Å²) in [5, 5.41) is 13.8. The van der Waals surface area contributed by atoms with Crippen LogP contribution in [-0.4, -0.2) is 98.6 Å². The van der Waals surface area contributed by atoms with Gasteiger partial charge in [-0.25, -0.2) is 30.0 Å². The van der Waals surface area contributed by atoms with E-state index >= 15 is 0 Å². The van der Waals surface area contributed by atoms with Gasteiger partial charge in [-0.3, -0.25) is 4.72 Å². The first-order valence-electron chi connectivity index (χ1n) is 15.1. The Morgan fingerprint density at radius 1 is 0.936 bits per heavy atom. The van der Waals surface area contributed by atoms with Crippen molar-refractivity contribution in [2.24, 2.45) is 0 Å². The van der Waals surface area contributed by atoms with Crippen molar-refractivity contribution in [3.8, 4) is 16.9 Å². The van der Waals surface area contributed by atoms with Crippen molar-refractivity contribution in [1.29, 1.82) is 0 Å². The number of nitrogens with zero attached hydrogens (tertiary/aromatic N) is 1. The number of ether oxygens (including phenoxy) is 2. The van der Waals surface area contributed by atoms with Gasteiger partial charge < -0.3 is 19.9 Å². The molecule has 2 aliphatic rings. The van der Waals surface area contributed by atoms with Gasteiger partial charge in [-0.15, -0.1) is 0 Å². The first-order chi connectivity index (χ1) is 22.2. The number of aliphatic hydroxyl groups excluding tert-OH is 1. The first-order valence-corrected chi connectivity index (χ1v) is 19.9. The number of piperidine rings is 1. The molecule has 0 bridgehead atoms. The molecule has 2 aliphatic heterocycles. The maximum atomic E-state index is 13.6. The van der Waals surface area contributed by atoms with Crippen molar-refractivity contribution in [2.75, 3.05) is 50.9 Å². The monoisotopic (exact) mass is 708 g/mol. The lowest BCUT2D eigenvalue weighted by Gasteiger charge is -2.38. The van der Waals surface area contributed by atoms with Crippen molar-refractivity contribution >= 4 is 35.8 Å². The van der Waals surface area contributed by atoms with Crippen LogP contribution in [0.25, 0.3) is 11.1 Å². The molecule has 0 amide bonds. The molecule has 256 valence electrons. The summed E-state index contributed by atoms with van der Waals surface area (Å²) in [5.74, 6) is 0.329. The summed E-state index contributed by atoms with van der Waals surface area (Å²) >= 11 is 0. The molecule has 5 rings (SSSR count). The summed E-state index contributed by atoms with van der Waals surface area (Å²) in [6.07, 6.45) is 1.98. The van der Waals surface area contributed by atoms with Crippen molar-refractivity contribution in [3.63, 3.8) is 0 Å². The van der Waals surface area contributed by atoms with Crippen LogP contribution in [0.2, 0.25) is 0 Å². The van der Waals surface area contributed by atoms with Gasteiger partial charge in [0.25, 0.3) is 0 Å². The smallest absolute Gasteiger partial charge is 0.243 e. The van der Waals surface area contributed by atoms with Crippen molar-refractivity contribution < 1.29 is 39.8 Å². The highest BCUT2D eigenvalue weighted by Crippen LogP contribution is 2.38. The minimum atomic E-state index is -3.76. The van der Waals surface area contributed by atoms with Crippen molar-refractivity contribution in [3.05, 3.63) is 72.8 Å². The SMILES string of the molecule is CNS(=O)(=O)c1cccc(OC[C@@H](O)CNC2COC3(CCN(S(=O)(=O)c4cccc(-c5ccc(NS(C)(=O)=O)cc5)c4)CC3)C2)c1. The maximum absolute atomic E-state index is 13.6. The molecule has 3 aromatic carbocycles. The van der Waals surface area contributed by atoms with E-state index in [-0.39, 0.29) is 29.0 Å². The summed E-state index contributed by atoms with van der Waals surface area (Å²) in [4.78, 5) is 0.252. The van der Waals surface area contributed by atoms with E-state index in [1.807, 2.05) is 0 Å². The van der Waals surface area contributed by atoms with E-state index < -0.39 is 41.8 Å². The van der Waals surface area contributed by atoms with E-state index in [0.717, 1.165) is 11.8 Å². The van der Waals surface area contributed by atoms with E-state index in [4.69, 9.17) is 9.47 Å². The van der Waals surface area contributed by atoms with Crippen LogP contribution in [-0.2, 0) is 34.8 Å². The zero-order valence-corrected chi connectivity index (χ0v) is 28.6. The number of aliphatic hydroxyl groups is 1. The topological polar surface area (TPSA) is 180 Å². The number of hydrogen-bond acceptors (Lipinski definition) is 10. The Morgan fingerprint density at radius 3 is 2.30 bits per heavy atom. The van der Waals surface area contributed by atoms with Gasteiger partial charge in [0.05, 0.1) is 28.3 Å². The molecule has 0 saturated carbocycles. The molecule has 4 N–H and O–H groups in total. The zero-order chi connectivity index (χ0) is 33.9. The highest BCUT2D eigenvalue weighted by Gasteiger charge is 2.44. The summed E-state index contributed by atoms with van der Waals surface area (Å²) in [6, 6.07) is 19.4. The third-order valence-corrected chi connectivity index (χ3v) is 12.2. The van der Waals surface area contributed by atoms with Crippen LogP contribution >= 0.6 is 0 Å². The Kier molecular flexibility index (Phi) is 10.6. The Labute approximate surface area is 276 Å². The Bertz CT molecular complexity index is 1880. The van der Waals surface area contributed by atoms with Crippen molar-refractivity contribution in [1.82, 2.24) is 14.3 Å². The van der Waals surface area contributed by atoms with Crippen molar-refractivity contribution in [2.45, 2.75) is 46.8 Å². The molecule has 1 unspecified atom stereocenters. The molecule has 0 aromatic heterocycles. The molecule has 2 saturated heterocycles. The normalized spacial score (nSPS) is 19.4. The van der Waals surface area contributed by atoms with E-state index in [1.54, 1.807) is 60.7 Å². The summed E-state index contributed by atoms with van der Waals surface area (Å²) in [5.41, 5.74) is 1.42. The average molecular weight is 709 g/mol. The molecule has 16 heteroatoms. The van der Waals surface area contributed by atoms with E-state index in [1.165, 1.54) is 23.5 Å². The summed E-state index contributed by atoms with van der Waals surface area (Å²) < 4.78 is 92.2. The summed E-state index contributed by atoms with van der Waals surface area (Å²) in [7, 11) is -9.45. The van der Waals surface area contributed by atoms with E-state index in [9.17, 15) is 30.4 Å². The van der Waals surface area contributed by atoms with Crippen LogP contribution in [0.3, 0.4) is 0 Å².